The van der Waals surface area contributed by atoms with Crippen molar-refractivity contribution in [1.29, 1.82) is 0 Å². The lowest BCUT2D eigenvalue weighted by Gasteiger charge is -2.22. The Morgan fingerprint density at radius 2 is 1.89 bits per heavy atom. The second-order valence-corrected chi connectivity index (χ2v) is 3.61. The van der Waals surface area contributed by atoms with E-state index < -0.39 is 0 Å². The molecule has 1 saturated heterocycles. The number of piperidine rings is 1. The van der Waals surface area contributed by atoms with Crippen LogP contribution in [0.1, 0.15) is 19.3 Å². The predicted octanol–water partition coefficient (Wildman–Crippen LogP) is 0.376. The zero-order valence-corrected chi connectivity index (χ0v) is 6.97. The van der Waals surface area contributed by atoms with E-state index in [9.17, 15) is 0 Å². The monoisotopic (exact) mass is 146 g/mol. The molecule has 0 amide bonds. The van der Waals surface area contributed by atoms with Crippen LogP contribution in [0.5, 0.6) is 0 Å². The Balaban J connectivity index is 2.08. The molecule has 2 heteroatoms. The molecule has 1 nitrogen and oxygen atoms in total. The van der Waals surface area contributed by atoms with Gasteiger partial charge in [-0.05, 0) is 25.5 Å². The number of nitrogens with one attached hydrogen (secondary N) is 1. The van der Waals surface area contributed by atoms with E-state index in [1.165, 1.54) is 38.2 Å². The molecule has 1 fully saturated rings. The van der Waals surface area contributed by atoms with Crippen molar-refractivity contribution in [2.75, 3.05) is 25.2 Å². The summed E-state index contributed by atoms with van der Waals surface area (Å²) in [6.07, 6.45) is 6.57. The van der Waals surface area contributed by atoms with Crippen LogP contribution in [0, 0.1) is 0 Å². The van der Waals surface area contributed by atoms with Crippen LogP contribution in [0.4, 0.5) is 0 Å². The number of quaternary nitrogens is 1. The highest BCUT2D eigenvalue weighted by Crippen LogP contribution is 1.95. The zero-order chi connectivity index (χ0) is 6.53. The predicted molar refractivity (Wildman–Crippen MR) is 42.9 cm³/mol. The first-order valence-electron chi connectivity index (χ1n) is 3.76. The normalized spacial score (nSPS) is 22.3. The lowest BCUT2D eigenvalue weighted by atomic mass is 10.1. The van der Waals surface area contributed by atoms with E-state index in [1.807, 2.05) is 11.8 Å². The molecule has 0 aromatic rings. The maximum Gasteiger partial charge on any atom is 0.124 e. The van der Waals surface area contributed by atoms with Crippen LogP contribution in [0.2, 0.25) is 0 Å². The van der Waals surface area contributed by atoms with E-state index in [1.54, 1.807) is 4.90 Å². The fourth-order valence-electron chi connectivity index (χ4n) is 1.40. The molecule has 1 rings (SSSR count). The molecule has 54 valence electrons. The minimum atomic E-state index is 1.32. The van der Waals surface area contributed by atoms with Crippen molar-refractivity contribution < 1.29 is 4.90 Å². The van der Waals surface area contributed by atoms with Crippen molar-refractivity contribution in [2.45, 2.75) is 19.3 Å². The maximum absolute atomic E-state index is 2.20. The van der Waals surface area contributed by atoms with Crippen LogP contribution >= 0.6 is 11.8 Å². The molecule has 0 saturated carbocycles. The topological polar surface area (TPSA) is 4.44 Å². The van der Waals surface area contributed by atoms with Gasteiger partial charge in [0.05, 0.1) is 13.1 Å². The van der Waals surface area contributed by atoms with E-state index in [0.717, 1.165) is 0 Å². The number of rotatable bonds is 2. The zero-order valence-electron chi connectivity index (χ0n) is 6.15. The summed E-state index contributed by atoms with van der Waals surface area (Å²) in [6, 6.07) is 0. The average Bonchev–Trinajstić information content (AvgIpc) is 1.91. The highest BCUT2D eigenvalue weighted by atomic mass is 32.2. The van der Waals surface area contributed by atoms with Crippen molar-refractivity contribution in [3.8, 4) is 0 Å². The highest BCUT2D eigenvalue weighted by molar-refractivity contribution is 7.98. The van der Waals surface area contributed by atoms with E-state index >= 15 is 0 Å². The Hall–Kier alpha value is 0.310. The van der Waals surface area contributed by atoms with Crippen molar-refractivity contribution in [2.24, 2.45) is 0 Å². The number of hydrogen-bond donors (Lipinski definition) is 1. The third-order valence-corrected chi connectivity index (χ3v) is 2.61. The average molecular weight is 146 g/mol. The van der Waals surface area contributed by atoms with E-state index in [0.29, 0.717) is 0 Å². The smallest absolute Gasteiger partial charge is 0.124 e. The SMILES string of the molecule is CSC[NH+]1CCCCC1. The Morgan fingerprint density at radius 1 is 1.22 bits per heavy atom. The van der Waals surface area contributed by atoms with Gasteiger partial charge >= 0.3 is 0 Å². The van der Waals surface area contributed by atoms with E-state index in [2.05, 4.69) is 6.26 Å². The largest absolute Gasteiger partial charge is 0.326 e. The van der Waals surface area contributed by atoms with Gasteiger partial charge in [-0.25, -0.2) is 0 Å². The molecule has 1 aliphatic rings. The fourth-order valence-corrected chi connectivity index (χ4v) is 2.10. The molecular weight excluding hydrogens is 130 g/mol. The van der Waals surface area contributed by atoms with Gasteiger partial charge in [0, 0.05) is 0 Å². The second kappa shape index (κ2) is 4.18. The van der Waals surface area contributed by atoms with E-state index in [4.69, 9.17) is 0 Å². The standard InChI is InChI=1S/C7H15NS/c1-9-7-8-5-3-2-4-6-8/h2-7H2,1H3/p+1. The second-order valence-electron chi connectivity index (χ2n) is 2.74. The lowest BCUT2D eigenvalue weighted by molar-refractivity contribution is -0.891. The van der Waals surface area contributed by atoms with Crippen molar-refractivity contribution in [1.82, 2.24) is 0 Å². The molecule has 1 N–H and O–H groups in total. The van der Waals surface area contributed by atoms with Gasteiger partial charge in [0.2, 0.25) is 0 Å². The minimum Gasteiger partial charge on any atom is -0.326 e. The minimum absolute atomic E-state index is 1.32. The first-order valence-corrected chi connectivity index (χ1v) is 5.15. The fraction of sp³-hybridized carbons (Fsp3) is 1.00. The molecule has 0 aromatic heterocycles. The highest BCUT2D eigenvalue weighted by Gasteiger charge is 2.11. The van der Waals surface area contributed by atoms with Gasteiger partial charge in [-0.3, -0.25) is 0 Å². The molecule has 0 aromatic carbocycles. The number of likely N-dealkylation sites (tertiary alicyclic amines) is 1. The molecule has 9 heavy (non-hydrogen) atoms. The molecule has 0 unspecified atom stereocenters. The van der Waals surface area contributed by atoms with Crippen LogP contribution in [-0.4, -0.2) is 25.2 Å². The summed E-state index contributed by atoms with van der Waals surface area (Å²) in [5, 5.41) is 0. The summed E-state index contributed by atoms with van der Waals surface area (Å²) in [6.45, 7) is 2.84. The summed E-state index contributed by atoms with van der Waals surface area (Å²) >= 11 is 1.97. The molecule has 1 aliphatic heterocycles. The van der Waals surface area contributed by atoms with Crippen LogP contribution < -0.4 is 4.90 Å². The summed E-state index contributed by atoms with van der Waals surface area (Å²) in [5.41, 5.74) is 0. The van der Waals surface area contributed by atoms with Crippen molar-refractivity contribution >= 4 is 11.8 Å². The van der Waals surface area contributed by atoms with Crippen LogP contribution in [0.15, 0.2) is 0 Å². The third-order valence-electron chi connectivity index (χ3n) is 1.91. The molecule has 0 atom stereocenters. The van der Waals surface area contributed by atoms with E-state index in [-0.39, 0.29) is 0 Å². The first-order chi connectivity index (χ1) is 4.43. The van der Waals surface area contributed by atoms with Crippen LogP contribution in [0.3, 0.4) is 0 Å². The molecule has 0 bridgehead atoms. The lowest BCUT2D eigenvalue weighted by Crippen LogP contribution is -3.12. The molecule has 1 heterocycles. The summed E-state index contributed by atoms with van der Waals surface area (Å²) in [7, 11) is 0. The Morgan fingerprint density at radius 3 is 2.44 bits per heavy atom. The van der Waals surface area contributed by atoms with Crippen molar-refractivity contribution in [3.05, 3.63) is 0 Å². The summed E-state index contributed by atoms with van der Waals surface area (Å²) < 4.78 is 0. The third kappa shape index (κ3) is 2.59. The molecule has 0 aliphatic carbocycles. The Bertz CT molecular complexity index is 66.6. The quantitative estimate of drug-likeness (QED) is 0.590. The molecule has 0 spiro atoms. The summed E-state index contributed by atoms with van der Waals surface area (Å²) in [4.78, 5) is 1.80. The Kier molecular flexibility index (Phi) is 3.44. The van der Waals surface area contributed by atoms with Crippen molar-refractivity contribution in [3.63, 3.8) is 0 Å². The van der Waals surface area contributed by atoms with Gasteiger partial charge < -0.3 is 4.90 Å². The number of thioether (sulfide) groups is 1. The van der Waals surface area contributed by atoms with Crippen LogP contribution in [0.25, 0.3) is 0 Å². The molecule has 0 radical (unpaired) electrons. The van der Waals surface area contributed by atoms with Gasteiger partial charge in [0.15, 0.2) is 0 Å². The van der Waals surface area contributed by atoms with Gasteiger partial charge in [0.25, 0.3) is 0 Å². The van der Waals surface area contributed by atoms with Gasteiger partial charge in [-0.2, -0.15) is 0 Å². The van der Waals surface area contributed by atoms with Crippen LogP contribution in [-0.2, 0) is 0 Å². The van der Waals surface area contributed by atoms with Gasteiger partial charge in [-0.15, -0.1) is 11.8 Å². The Labute approximate surface area is 61.8 Å². The molecular formula is C7H16NS+. The number of hydrogen-bond acceptors (Lipinski definition) is 1. The maximum atomic E-state index is 2.20. The summed E-state index contributed by atoms with van der Waals surface area (Å²) in [5.74, 6) is 1.32. The first kappa shape index (κ1) is 7.42. The van der Waals surface area contributed by atoms with Gasteiger partial charge in [-0.1, -0.05) is 0 Å². The van der Waals surface area contributed by atoms with Gasteiger partial charge in [0.1, 0.15) is 5.88 Å².